The normalized spacial score (nSPS) is 18.9. The van der Waals surface area contributed by atoms with Crippen molar-refractivity contribution in [3.8, 4) is 5.75 Å². The number of hydrogen-bond donors (Lipinski definition) is 2. The molecule has 0 radical (unpaired) electrons. The van der Waals surface area contributed by atoms with E-state index in [4.69, 9.17) is 9.26 Å². The maximum atomic E-state index is 12.5. The first kappa shape index (κ1) is 24.0. The van der Waals surface area contributed by atoms with E-state index in [9.17, 15) is 9.59 Å². The van der Waals surface area contributed by atoms with Crippen LogP contribution in [-0.4, -0.2) is 54.2 Å². The van der Waals surface area contributed by atoms with E-state index >= 15 is 0 Å². The lowest BCUT2D eigenvalue weighted by Crippen LogP contribution is -2.40. The largest absolute Gasteiger partial charge is 0.494 e. The highest BCUT2D eigenvalue weighted by atomic mass is 16.5. The molecule has 0 saturated carbocycles. The van der Waals surface area contributed by atoms with E-state index in [0.717, 1.165) is 55.9 Å². The van der Waals surface area contributed by atoms with E-state index in [1.54, 1.807) is 6.07 Å². The van der Waals surface area contributed by atoms with Crippen LogP contribution in [0.5, 0.6) is 5.75 Å². The summed E-state index contributed by atoms with van der Waals surface area (Å²) in [5.41, 5.74) is 1.41. The molecule has 2 aromatic rings. The van der Waals surface area contributed by atoms with Crippen LogP contribution >= 0.6 is 0 Å². The fraction of sp³-hybridized carbons (Fsp3) is 0.600. The molecule has 184 valence electrons. The molecule has 3 heterocycles. The maximum absolute atomic E-state index is 12.5. The lowest BCUT2D eigenvalue weighted by atomic mass is 9.92. The van der Waals surface area contributed by atoms with Crippen molar-refractivity contribution in [2.45, 2.75) is 64.8 Å². The first-order valence-corrected chi connectivity index (χ1v) is 12.3. The molecular weight excluding hydrogens is 434 g/mol. The van der Waals surface area contributed by atoms with Gasteiger partial charge in [0.1, 0.15) is 11.8 Å². The Morgan fingerprint density at radius 3 is 2.74 bits per heavy atom. The van der Waals surface area contributed by atoms with Crippen molar-refractivity contribution in [3.63, 3.8) is 0 Å². The topological polar surface area (TPSA) is 110 Å². The summed E-state index contributed by atoms with van der Waals surface area (Å²) < 4.78 is 11.4. The molecule has 0 bridgehead atoms. The van der Waals surface area contributed by atoms with Crippen molar-refractivity contribution in [2.75, 3.05) is 31.1 Å². The smallest absolute Gasteiger partial charge is 0.324 e. The molecule has 2 fully saturated rings. The van der Waals surface area contributed by atoms with Crippen LogP contribution < -0.4 is 20.3 Å². The van der Waals surface area contributed by atoms with Gasteiger partial charge in [-0.3, -0.25) is 9.59 Å². The van der Waals surface area contributed by atoms with E-state index in [1.165, 1.54) is 0 Å². The number of piperidine rings is 1. The minimum Gasteiger partial charge on any atom is -0.494 e. The third kappa shape index (κ3) is 5.87. The Hall–Kier alpha value is -3.10. The average Bonchev–Trinajstić information content (AvgIpc) is 3.47. The highest BCUT2D eigenvalue weighted by molar-refractivity contribution is 5.99. The summed E-state index contributed by atoms with van der Waals surface area (Å²) >= 11 is 0. The number of carbonyl (C=O) groups excluding carboxylic acids is 2. The second-order valence-electron chi connectivity index (χ2n) is 9.59. The number of nitrogens with zero attached hydrogens (tertiary/aromatic N) is 3. The van der Waals surface area contributed by atoms with E-state index in [1.807, 2.05) is 19.1 Å². The molecule has 1 aromatic heterocycles. The predicted molar refractivity (Wildman–Crippen MR) is 128 cm³/mol. The van der Waals surface area contributed by atoms with E-state index < -0.39 is 6.04 Å². The summed E-state index contributed by atoms with van der Waals surface area (Å²) in [4.78, 5) is 30.9. The number of carbonyl (C=O) groups is 2. The number of aromatic nitrogens is 2. The van der Waals surface area contributed by atoms with Crippen molar-refractivity contribution in [2.24, 2.45) is 5.92 Å². The molecule has 1 aromatic carbocycles. The molecule has 1 atom stereocenters. The molecule has 9 heteroatoms. The number of benzene rings is 1. The highest BCUT2D eigenvalue weighted by Crippen LogP contribution is 2.26. The van der Waals surface area contributed by atoms with E-state index in [0.29, 0.717) is 37.1 Å². The van der Waals surface area contributed by atoms with Crippen LogP contribution in [-0.2, 0) is 4.79 Å². The van der Waals surface area contributed by atoms with Crippen LogP contribution in [0.2, 0.25) is 0 Å². The highest BCUT2D eigenvalue weighted by Gasteiger charge is 2.26. The Morgan fingerprint density at radius 1 is 1.29 bits per heavy atom. The van der Waals surface area contributed by atoms with Gasteiger partial charge < -0.3 is 24.8 Å². The third-order valence-corrected chi connectivity index (χ3v) is 6.65. The zero-order chi connectivity index (χ0) is 24.1. The van der Waals surface area contributed by atoms with Gasteiger partial charge in [-0.2, -0.15) is 4.98 Å². The van der Waals surface area contributed by atoms with Crippen LogP contribution in [0.3, 0.4) is 0 Å². The summed E-state index contributed by atoms with van der Waals surface area (Å²) in [5, 5.41) is 9.60. The summed E-state index contributed by atoms with van der Waals surface area (Å²) in [6, 6.07) is 5.68. The number of aryl methyl sites for hydroxylation is 1. The zero-order valence-corrected chi connectivity index (χ0v) is 20.3. The van der Waals surface area contributed by atoms with Gasteiger partial charge in [0.25, 0.3) is 5.91 Å². The molecule has 1 unspecified atom stereocenters. The molecule has 4 rings (SSSR count). The second kappa shape index (κ2) is 10.9. The van der Waals surface area contributed by atoms with Crippen molar-refractivity contribution in [1.29, 1.82) is 0 Å². The lowest BCUT2D eigenvalue weighted by Gasteiger charge is -2.30. The summed E-state index contributed by atoms with van der Waals surface area (Å²) in [6.07, 6.45) is 4.96. The van der Waals surface area contributed by atoms with Crippen LogP contribution in [0.1, 0.15) is 73.6 Å². The Morgan fingerprint density at radius 2 is 2.09 bits per heavy atom. The Bertz CT molecular complexity index is 997. The van der Waals surface area contributed by atoms with Gasteiger partial charge in [-0.25, -0.2) is 0 Å². The summed E-state index contributed by atoms with van der Waals surface area (Å²) in [7, 11) is 0. The monoisotopic (exact) mass is 469 g/mol. The predicted octanol–water partition coefficient (Wildman–Crippen LogP) is 3.20. The van der Waals surface area contributed by atoms with Crippen molar-refractivity contribution >= 4 is 17.8 Å². The van der Waals surface area contributed by atoms with E-state index in [2.05, 4.69) is 39.5 Å². The van der Waals surface area contributed by atoms with Gasteiger partial charge in [0.05, 0.1) is 6.61 Å². The van der Waals surface area contributed by atoms with Gasteiger partial charge in [-0.1, -0.05) is 19.0 Å². The standard InChI is InChI=1S/C25H35N5O4/c1-16(2)22-28-25(34-29-22)30-12-9-18(10-13-30)5-4-14-33-19-6-7-20(17(3)15-19)23(31)27-21-8-11-26-24(21)32/h6-7,15-16,18,21H,4-5,8-14H2,1-3H3,(H,26,32)(H,27,31). The first-order chi connectivity index (χ1) is 16.4. The molecule has 0 spiro atoms. The molecule has 9 nitrogen and oxygen atoms in total. The summed E-state index contributed by atoms with van der Waals surface area (Å²) in [5.74, 6) is 2.13. The van der Waals surface area contributed by atoms with Gasteiger partial charge in [0.15, 0.2) is 5.82 Å². The Kier molecular flexibility index (Phi) is 7.70. The number of nitrogens with one attached hydrogen (secondary N) is 2. The number of hydrogen-bond acceptors (Lipinski definition) is 7. The molecule has 2 amide bonds. The molecule has 2 saturated heterocycles. The Labute approximate surface area is 200 Å². The third-order valence-electron chi connectivity index (χ3n) is 6.65. The maximum Gasteiger partial charge on any atom is 0.324 e. The van der Waals surface area contributed by atoms with Gasteiger partial charge in [-0.05, 0) is 68.7 Å². The molecule has 2 aliphatic heterocycles. The summed E-state index contributed by atoms with van der Waals surface area (Å²) in [6.45, 7) is 9.15. The zero-order valence-electron chi connectivity index (χ0n) is 20.3. The van der Waals surface area contributed by atoms with Gasteiger partial charge in [-0.15, -0.1) is 0 Å². The number of amides is 2. The van der Waals surface area contributed by atoms with Crippen molar-refractivity contribution in [1.82, 2.24) is 20.8 Å². The average molecular weight is 470 g/mol. The lowest BCUT2D eigenvalue weighted by molar-refractivity contribution is -0.120. The van der Waals surface area contributed by atoms with Crippen LogP contribution in [0, 0.1) is 12.8 Å². The van der Waals surface area contributed by atoms with Crippen LogP contribution in [0.15, 0.2) is 22.7 Å². The van der Waals surface area contributed by atoms with Gasteiger partial charge in [0, 0.05) is 31.1 Å². The Balaban J connectivity index is 1.17. The fourth-order valence-electron chi connectivity index (χ4n) is 4.51. The minimum atomic E-state index is -0.445. The molecule has 34 heavy (non-hydrogen) atoms. The second-order valence-corrected chi connectivity index (χ2v) is 9.59. The molecule has 0 aliphatic carbocycles. The molecule has 2 aliphatic rings. The van der Waals surface area contributed by atoms with Crippen molar-refractivity contribution in [3.05, 3.63) is 35.2 Å². The van der Waals surface area contributed by atoms with Crippen LogP contribution in [0.25, 0.3) is 0 Å². The number of anilines is 1. The number of rotatable bonds is 9. The minimum absolute atomic E-state index is 0.119. The SMILES string of the molecule is Cc1cc(OCCCC2CCN(c3nc(C(C)C)no3)CC2)ccc1C(=O)NC1CCNC1=O. The van der Waals surface area contributed by atoms with Crippen LogP contribution in [0.4, 0.5) is 6.01 Å². The molecular formula is C25H35N5O4. The molecule has 2 N–H and O–H groups in total. The first-order valence-electron chi connectivity index (χ1n) is 12.3. The van der Waals surface area contributed by atoms with Gasteiger partial charge in [0.2, 0.25) is 5.91 Å². The fourth-order valence-corrected chi connectivity index (χ4v) is 4.51. The van der Waals surface area contributed by atoms with Gasteiger partial charge >= 0.3 is 6.01 Å². The van der Waals surface area contributed by atoms with E-state index in [-0.39, 0.29) is 17.7 Å². The number of ether oxygens (including phenoxy) is 1. The quantitative estimate of drug-likeness (QED) is 0.543. The van der Waals surface area contributed by atoms with Crippen molar-refractivity contribution < 1.29 is 18.8 Å².